The number of halogens is 3. The molecule has 0 unspecified atom stereocenters. The fourth-order valence-corrected chi connectivity index (χ4v) is 1.33. The summed E-state index contributed by atoms with van der Waals surface area (Å²) in [6.45, 7) is 1.84. The molecule has 1 aromatic rings. The van der Waals surface area contributed by atoms with Gasteiger partial charge in [-0.1, -0.05) is 6.92 Å². The van der Waals surface area contributed by atoms with Crippen molar-refractivity contribution in [2.75, 3.05) is 12.4 Å². The topological polar surface area (TPSA) is 38.3 Å². The minimum atomic E-state index is -4.88. The second-order valence-corrected chi connectivity index (χ2v) is 3.33. The number of hydrogen-bond donors (Lipinski definition) is 1. The molecule has 0 aliphatic carbocycles. The van der Waals surface area contributed by atoms with Gasteiger partial charge in [-0.2, -0.15) is 13.2 Å². The summed E-state index contributed by atoms with van der Waals surface area (Å²) < 4.78 is 41.1. The third kappa shape index (κ3) is 3.37. The van der Waals surface area contributed by atoms with E-state index in [9.17, 15) is 18.0 Å². The molecule has 0 fully saturated rings. The molecule has 0 saturated carbocycles. The van der Waals surface area contributed by atoms with Crippen LogP contribution < -0.4 is 10.1 Å². The van der Waals surface area contributed by atoms with E-state index in [1.54, 1.807) is 5.32 Å². The SMILES string of the molecule is CCc1cc(NC(=O)C(F)(F)F)ccc1OC. The van der Waals surface area contributed by atoms with Crippen molar-refractivity contribution in [1.82, 2.24) is 0 Å². The third-order valence-electron chi connectivity index (χ3n) is 2.18. The molecule has 1 amide bonds. The lowest BCUT2D eigenvalue weighted by molar-refractivity contribution is -0.167. The third-order valence-corrected chi connectivity index (χ3v) is 2.18. The molecule has 3 nitrogen and oxygen atoms in total. The first-order valence-corrected chi connectivity index (χ1v) is 4.93. The van der Waals surface area contributed by atoms with Gasteiger partial charge in [-0.25, -0.2) is 0 Å². The lowest BCUT2D eigenvalue weighted by atomic mass is 10.1. The molecule has 17 heavy (non-hydrogen) atoms. The second-order valence-electron chi connectivity index (χ2n) is 3.33. The molecular weight excluding hydrogens is 235 g/mol. The molecule has 0 heterocycles. The van der Waals surface area contributed by atoms with Crippen LogP contribution in [0.2, 0.25) is 0 Å². The average molecular weight is 247 g/mol. The van der Waals surface area contributed by atoms with Gasteiger partial charge in [-0.15, -0.1) is 0 Å². The van der Waals surface area contributed by atoms with Gasteiger partial charge in [-0.3, -0.25) is 4.79 Å². The number of carbonyl (C=O) groups is 1. The number of ether oxygens (including phenoxy) is 1. The fraction of sp³-hybridized carbons (Fsp3) is 0.364. The fourth-order valence-electron chi connectivity index (χ4n) is 1.33. The smallest absolute Gasteiger partial charge is 0.471 e. The van der Waals surface area contributed by atoms with Gasteiger partial charge in [-0.05, 0) is 30.2 Å². The van der Waals surface area contributed by atoms with Gasteiger partial charge in [0.15, 0.2) is 0 Å². The van der Waals surface area contributed by atoms with E-state index >= 15 is 0 Å². The molecule has 0 aliphatic rings. The quantitative estimate of drug-likeness (QED) is 0.891. The molecule has 0 aromatic heterocycles. The van der Waals surface area contributed by atoms with Gasteiger partial charge < -0.3 is 10.1 Å². The van der Waals surface area contributed by atoms with Crippen molar-refractivity contribution in [1.29, 1.82) is 0 Å². The van der Waals surface area contributed by atoms with E-state index < -0.39 is 12.1 Å². The highest BCUT2D eigenvalue weighted by Crippen LogP contribution is 2.24. The van der Waals surface area contributed by atoms with Gasteiger partial charge in [0, 0.05) is 5.69 Å². The monoisotopic (exact) mass is 247 g/mol. The zero-order valence-electron chi connectivity index (χ0n) is 9.39. The van der Waals surface area contributed by atoms with Gasteiger partial charge in [0.25, 0.3) is 0 Å². The summed E-state index contributed by atoms with van der Waals surface area (Å²) in [5, 5.41) is 1.79. The van der Waals surface area contributed by atoms with Crippen molar-refractivity contribution in [2.24, 2.45) is 0 Å². The Morgan fingerprint density at radius 3 is 2.53 bits per heavy atom. The molecule has 0 bridgehead atoms. The van der Waals surface area contributed by atoms with E-state index in [2.05, 4.69) is 0 Å². The Morgan fingerprint density at radius 2 is 2.06 bits per heavy atom. The molecule has 1 rings (SSSR count). The van der Waals surface area contributed by atoms with Gasteiger partial charge in [0.1, 0.15) is 5.75 Å². The van der Waals surface area contributed by atoms with Gasteiger partial charge in [0.2, 0.25) is 0 Å². The maximum atomic E-state index is 12.0. The van der Waals surface area contributed by atoms with Gasteiger partial charge in [0.05, 0.1) is 7.11 Å². The van der Waals surface area contributed by atoms with Crippen molar-refractivity contribution in [3.8, 4) is 5.75 Å². The predicted molar refractivity (Wildman–Crippen MR) is 57.1 cm³/mol. The Morgan fingerprint density at radius 1 is 1.41 bits per heavy atom. The first-order valence-electron chi connectivity index (χ1n) is 4.93. The van der Waals surface area contributed by atoms with Crippen LogP contribution in [-0.4, -0.2) is 19.2 Å². The number of hydrogen-bond acceptors (Lipinski definition) is 2. The summed E-state index contributed by atoms with van der Waals surface area (Å²) in [5.74, 6) is -1.40. The van der Waals surface area contributed by atoms with Crippen LogP contribution in [0.5, 0.6) is 5.75 Å². The van der Waals surface area contributed by atoms with Crippen molar-refractivity contribution < 1.29 is 22.7 Å². The summed E-state index contributed by atoms with van der Waals surface area (Å²) in [6.07, 6.45) is -4.29. The van der Waals surface area contributed by atoms with E-state index in [0.717, 1.165) is 5.56 Å². The Bertz CT molecular complexity index is 416. The predicted octanol–water partition coefficient (Wildman–Crippen LogP) is 2.76. The van der Waals surface area contributed by atoms with Crippen LogP contribution in [0, 0.1) is 0 Å². The molecule has 0 atom stereocenters. The Balaban J connectivity index is 2.90. The van der Waals surface area contributed by atoms with Crippen LogP contribution >= 0.6 is 0 Å². The first-order chi connectivity index (χ1) is 7.88. The summed E-state index contributed by atoms with van der Waals surface area (Å²) in [6, 6.07) is 4.34. The van der Waals surface area contributed by atoms with Crippen LogP contribution in [0.25, 0.3) is 0 Å². The number of alkyl halides is 3. The van der Waals surface area contributed by atoms with E-state index in [1.165, 1.54) is 25.3 Å². The minimum absolute atomic E-state index is 0.102. The highest BCUT2D eigenvalue weighted by Gasteiger charge is 2.38. The van der Waals surface area contributed by atoms with E-state index in [4.69, 9.17) is 4.74 Å². The standard InChI is InChI=1S/C11H12F3NO2/c1-3-7-6-8(4-5-9(7)17-2)15-10(16)11(12,13)14/h4-6H,3H2,1-2H3,(H,15,16). The van der Waals surface area contributed by atoms with Crippen LogP contribution in [-0.2, 0) is 11.2 Å². The van der Waals surface area contributed by atoms with E-state index in [1.807, 2.05) is 6.92 Å². The molecule has 1 N–H and O–H groups in total. The summed E-state index contributed by atoms with van der Waals surface area (Å²) >= 11 is 0. The number of anilines is 1. The van der Waals surface area contributed by atoms with Crippen LogP contribution in [0.15, 0.2) is 18.2 Å². The molecule has 1 aromatic carbocycles. The van der Waals surface area contributed by atoms with E-state index in [-0.39, 0.29) is 5.69 Å². The first kappa shape index (κ1) is 13.3. The Kier molecular flexibility index (Phi) is 3.98. The van der Waals surface area contributed by atoms with Crippen LogP contribution in [0.3, 0.4) is 0 Å². The van der Waals surface area contributed by atoms with Crippen LogP contribution in [0.1, 0.15) is 12.5 Å². The molecule has 0 saturated heterocycles. The second kappa shape index (κ2) is 5.07. The largest absolute Gasteiger partial charge is 0.496 e. The maximum absolute atomic E-state index is 12.0. The summed E-state index contributed by atoms with van der Waals surface area (Å²) in [7, 11) is 1.47. The van der Waals surface area contributed by atoms with Gasteiger partial charge >= 0.3 is 12.1 Å². The van der Waals surface area contributed by atoms with Crippen molar-refractivity contribution in [3.63, 3.8) is 0 Å². The number of nitrogens with one attached hydrogen (secondary N) is 1. The molecule has 6 heteroatoms. The zero-order chi connectivity index (χ0) is 13.1. The average Bonchev–Trinajstić information content (AvgIpc) is 2.27. The van der Waals surface area contributed by atoms with Crippen molar-refractivity contribution in [2.45, 2.75) is 19.5 Å². The highest BCUT2D eigenvalue weighted by molar-refractivity contribution is 5.95. The Hall–Kier alpha value is -1.72. The summed E-state index contributed by atoms with van der Waals surface area (Å²) in [4.78, 5) is 10.7. The minimum Gasteiger partial charge on any atom is -0.496 e. The van der Waals surface area contributed by atoms with Crippen molar-refractivity contribution in [3.05, 3.63) is 23.8 Å². The number of amides is 1. The normalized spacial score (nSPS) is 11.1. The Labute approximate surface area is 96.6 Å². The molecule has 94 valence electrons. The number of carbonyl (C=O) groups excluding carboxylic acids is 1. The molecule has 0 aliphatic heterocycles. The maximum Gasteiger partial charge on any atom is 0.471 e. The zero-order valence-corrected chi connectivity index (χ0v) is 9.39. The van der Waals surface area contributed by atoms with Crippen molar-refractivity contribution >= 4 is 11.6 Å². The van der Waals surface area contributed by atoms with E-state index in [0.29, 0.717) is 12.2 Å². The molecule has 0 spiro atoms. The molecule has 0 radical (unpaired) electrons. The number of benzene rings is 1. The number of methoxy groups -OCH3 is 1. The number of aryl methyl sites for hydroxylation is 1. The molecular formula is C11H12F3NO2. The summed E-state index contributed by atoms with van der Waals surface area (Å²) in [5.41, 5.74) is 0.831. The van der Waals surface area contributed by atoms with Crippen LogP contribution in [0.4, 0.5) is 18.9 Å². The lowest BCUT2D eigenvalue weighted by Crippen LogP contribution is -2.29. The number of rotatable bonds is 3. The lowest BCUT2D eigenvalue weighted by Gasteiger charge is -2.11. The highest BCUT2D eigenvalue weighted by atomic mass is 19.4.